The Morgan fingerprint density at radius 3 is 2.58 bits per heavy atom. The third-order valence-electron chi connectivity index (χ3n) is 5.00. The van der Waals surface area contributed by atoms with Gasteiger partial charge in [0.25, 0.3) is 0 Å². The lowest BCUT2D eigenvalue weighted by atomic mass is 10.2. The Morgan fingerprint density at radius 1 is 1.21 bits per heavy atom. The van der Waals surface area contributed by atoms with Crippen LogP contribution in [0.4, 0.5) is 11.6 Å². The van der Waals surface area contributed by atoms with Crippen molar-refractivity contribution in [2.45, 2.75) is 23.8 Å². The molecular weight excluding hydrogens is 452 g/mol. The first kappa shape index (κ1) is 22.6. The molecule has 4 N–H and O–H groups in total. The Bertz CT molecular complexity index is 1280. The molecule has 3 aromatic rings. The van der Waals surface area contributed by atoms with Gasteiger partial charge in [-0.3, -0.25) is 10.1 Å². The van der Waals surface area contributed by atoms with Gasteiger partial charge in [-0.25, -0.2) is 9.78 Å². The van der Waals surface area contributed by atoms with Crippen molar-refractivity contribution in [3.63, 3.8) is 0 Å². The van der Waals surface area contributed by atoms with Crippen LogP contribution in [-0.4, -0.2) is 55.1 Å². The molecule has 12 heteroatoms. The molecular formula is C21H22N4O7S. The van der Waals surface area contributed by atoms with Crippen LogP contribution in [0.3, 0.4) is 0 Å². The molecule has 1 atom stereocenters. The fourth-order valence-electron chi connectivity index (χ4n) is 3.08. The van der Waals surface area contributed by atoms with Gasteiger partial charge in [-0.05, 0) is 49.2 Å². The van der Waals surface area contributed by atoms with E-state index in [1.54, 1.807) is 6.07 Å². The summed E-state index contributed by atoms with van der Waals surface area (Å²) in [5, 5.41) is 14.7. The van der Waals surface area contributed by atoms with E-state index in [1.165, 1.54) is 43.5 Å². The number of methoxy groups -OCH3 is 1. The van der Waals surface area contributed by atoms with Gasteiger partial charge in [-0.1, -0.05) is 0 Å². The SMILES string of the molecule is COC(=O)[C@@H](CO)Nc1ccc(S(=O)(=O)Oc2ccc3nc(NC(=O)C4CC4)[nH]c3c2)cc1. The van der Waals surface area contributed by atoms with Crippen molar-refractivity contribution in [2.75, 3.05) is 24.4 Å². The number of H-pyrrole nitrogens is 1. The van der Waals surface area contributed by atoms with E-state index >= 15 is 0 Å². The molecule has 0 unspecified atom stereocenters. The topological polar surface area (TPSA) is 160 Å². The molecule has 0 spiro atoms. The number of aliphatic hydroxyl groups excluding tert-OH is 1. The molecule has 1 fully saturated rings. The van der Waals surface area contributed by atoms with Gasteiger partial charge in [-0.15, -0.1) is 0 Å². The summed E-state index contributed by atoms with van der Waals surface area (Å²) in [5.41, 5.74) is 1.47. The second-order valence-electron chi connectivity index (χ2n) is 7.49. The number of aromatic nitrogens is 2. The molecule has 11 nitrogen and oxygen atoms in total. The average molecular weight is 474 g/mol. The Hall–Kier alpha value is -3.64. The first-order valence-electron chi connectivity index (χ1n) is 10.1. The largest absolute Gasteiger partial charge is 0.467 e. The number of aliphatic hydroxyl groups is 1. The first-order chi connectivity index (χ1) is 15.8. The van der Waals surface area contributed by atoms with Crippen molar-refractivity contribution in [3.05, 3.63) is 42.5 Å². The summed E-state index contributed by atoms with van der Waals surface area (Å²) < 4.78 is 35.2. The van der Waals surface area contributed by atoms with Gasteiger partial charge in [0.2, 0.25) is 11.9 Å². The number of ether oxygens (including phenoxy) is 1. The molecule has 1 amide bonds. The van der Waals surface area contributed by atoms with Crippen molar-refractivity contribution in [3.8, 4) is 5.75 Å². The molecule has 0 bridgehead atoms. The van der Waals surface area contributed by atoms with Crippen LogP contribution < -0.4 is 14.8 Å². The monoisotopic (exact) mass is 474 g/mol. The van der Waals surface area contributed by atoms with Gasteiger partial charge in [0.1, 0.15) is 16.7 Å². The van der Waals surface area contributed by atoms with Crippen LogP contribution in [0.5, 0.6) is 5.75 Å². The highest BCUT2D eigenvalue weighted by Crippen LogP contribution is 2.30. The predicted molar refractivity (Wildman–Crippen MR) is 118 cm³/mol. The maximum Gasteiger partial charge on any atom is 0.339 e. The number of carbonyl (C=O) groups is 2. The van der Waals surface area contributed by atoms with Crippen LogP contribution in [-0.2, 0) is 24.4 Å². The lowest BCUT2D eigenvalue weighted by Crippen LogP contribution is -2.34. The van der Waals surface area contributed by atoms with E-state index in [1.807, 2.05) is 0 Å². The summed E-state index contributed by atoms with van der Waals surface area (Å²) in [4.78, 5) is 30.6. The Morgan fingerprint density at radius 2 is 1.94 bits per heavy atom. The van der Waals surface area contributed by atoms with Crippen LogP contribution >= 0.6 is 0 Å². The highest BCUT2D eigenvalue weighted by molar-refractivity contribution is 7.87. The maximum atomic E-state index is 12.7. The summed E-state index contributed by atoms with van der Waals surface area (Å²) in [6.45, 7) is -0.488. The van der Waals surface area contributed by atoms with Gasteiger partial charge in [0.05, 0.1) is 24.8 Å². The number of aromatic amines is 1. The van der Waals surface area contributed by atoms with Crippen molar-refractivity contribution >= 4 is 44.7 Å². The minimum atomic E-state index is -4.14. The Labute approximate surface area is 189 Å². The molecule has 1 aliphatic carbocycles. The standard InChI is InChI=1S/C21H22N4O7S/c1-31-20(28)18(11-26)22-13-4-7-15(8-5-13)33(29,30)32-14-6-9-16-17(10-14)24-21(23-16)25-19(27)12-2-3-12/h4-10,12,18,22,26H,2-3,11H2,1H3,(H2,23,24,25,27)/t18-/m1/s1. The molecule has 1 aromatic heterocycles. The third kappa shape index (κ3) is 5.23. The molecule has 33 heavy (non-hydrogen) atoms. The number of imidazole rings is 1. The number of nitrogens with zero attached hydrogens (tertiary/aromatic N) is 1. The summed E-state index contributed by atoms with van der Waals surface area (Å²) in [7, 11) is -2.94. The summed E-state index contributed by atoms with van der Waals surface area (Å²) in [5.74, 6) is -0.360. The van der Waals surface area contributed by atoms with Crippen molar-refractivity contribution < 1.29 is 32.0 Å². The maximum absolute atomic E-state index is 12.7. The van der Waals surface area contributed by atoms with Crippen LogP contribution in [0.15, 0.2) is 47.4 Å². The number of benzene rings is 2. The van der Waals surface area contributed by atoms with Crippen LogP contribution in [0, 0.1) is 5.92 Å². The van der Waals surface area contributed by atoms with Crippen molar-refractivity contribution in [2.24, 2.45) is 5.92 Å². The Balaban J connectivity index is 1.46. The number of rotatable bonds is 9. The predicted octanol–water partition coefficient (Wildman–Crippen LogP) is 1.62. The van der Waals surface area contributed by atoms with E-state index < -0.39 is 28.7 Å². The van der Waals surface area contributed by atoms with Crippen LogP contribution in [0.1, 0.15) is 12.8 Å². The number of nitrogens with one attached hydrogen (secondary N) is 3. The van der Waals surface area contributed by atoms with Crippen molar-refractivity contribution in [1.82, 2.24) is 9.97 Å². The number of amides is 1. The van der Waals surface area contributed by atoms with E-state index in [4.69, 9.17) is 4.18 Å². The zero-order chi connectivity index (χ0) is 23.6. The van der Waals surface area contributed by atoms with Gasteiger partial charge < -0.3 is 24.3 Å². The lowest BCUT2D eigenvalue weighted by molar-refractivity contribution is -0.142. The molecule has 1 aliphatic rings. The number of anilines is 2. The summed E-state index contributed by atoms with van der Waals surface area (Å²) in [6.07, 6.45) is 1.73. The number of hydrogen-bond donors (Lipinski definition) is 4. The molecule has 0 radical (unpaired) electrons. The number of esters is 1. The van der Waals surface area contributed by atoms with E-state index in [0.29, 0.717) is 16.7 Å². The van der Waals surface area contributed by atoms with E-state index in [9.17, 15) is 23.1 Å². The quantitative estimate of drug-likeness (QED) is 0.267. The van der Waals surface area contributed by atoms with Crippen LogP contribution in [0.25, 0.3) is 11.0 Å². The summed E-state index contributed by atoms with van der Waals surface area (Å²) in [6, 6.07) is 9.04. The smallest absolute Gasteiger partial charge is 0.339 e. The fourth-order valence-corrected chi connectivity index (χ4v) is 4.00. The van der Waals surface area contributed by atoms with Crippen molar-refractivity contribution in [1.29, 1.82) is 0 Å². The van der Waals surface area contributed by atoms with Gasteiger partial charge in [0, 0.05) is 17.7 Å². The molecule has 1 heterocycles. The molecule has 174 valence electrons. The normalized spacial score (nSPS) is 14.5. The van der Waals surface area contributed by atoms with E-state index in [2.05, 4.69) is 25.3 Å². The molecule has 0 aliphatic heterocycles. The molecule has 4 rings (SSSR count). The van der Waals surface area contributed by atoms with Gasteiger partial charge in [0.15, 0.2) is 0 Å². The lowest BCUT2D eigenvalue weighted by Gasteiger charge is -2.15. The minimum Gasteiger partial charge on any atom is -0.467 e. The number of fused-ring (bicyclic) bond motifs is 1. The average Bonchev–Trinajstić information content (AvgIpc) is 3.58. The van der Waals surface area contributed by atoms with Crippen LogP contribution in [0.2, 0.25) is 0 Å². The second-order valence-corrected chi connectivity index (χ2v) is 9.04. The second kappa shape index (κ2) is 9.08. The summed E-state index contributed by atoms with van der Waals surface area (Å²) >= 11 is 0. The van der Waals surface area contributed by atoms with E-state index in [-0.39, 0.29) is 28.4 Å². The number of hydrogen-bond acceptors (Lipinski definition) is 9. The zero-order valence-electron chi connectivity index (χ0n) is 17.6. The first-order valence-corrected chi connectivity index (χ1v) is 11.5. The highest BCUT2D eigenvalue weighted by Gasteiger charge is 2.30. The van der Waals surface area contributed by atoms with Gasteiger partial charge in [-0.2, -0.15) is 8.42 Å². The highest BCUT2D eigenvalue weighted by atomic mass is 32.2. The minimum absolute atomic E-state index is 0.0267. The molecule has 1 saturated carbocycles. The van der Waals surface area contributed by atoms with Gasteiger partial charge >= 0.3 is 16.1 Å². The molecule has 2 aromatic carbocycles. The fraction of sp³-hybridized carbons (Fsp3) is 0.286. The number of carbonyl (C=O) groups excluding carboxylic acids is 2. The molecule has 0 saturated heterocycles. The Kier molecular flexibility index (Phi) is 6.20. The zero-order valence-corrected chi connectivity index (χ0v) is 18.4. The third-order valence-corrected chi connectivity index (χ3v) is 6.26. The van der Waals surface area contributed by atoms with E-state index in [0.717, 1.165) is 12.8 Å².